The second-order valence-corrected chi connectivity index (χ2v) is 3.33. The molecule has 1 rings (SSSR count). The van der Waals surface area contributed by atoms with Gasteiger partial charge in [-0.3, -0.25) is 0 Å². The maximum absolute atomic E-state index is 9.95. The lowest BCUT2D eigenvalue weighted by molar-refractivity contribution is 0.140. The maximum atomic E-state index is 9.95. The van der Waals surface area contributed by atoms with Crippen molar-refractivity contribution in [1.29, 1.82) is 0 Å². The van der Waals surface area contributed by atoms with Crippen LogP contribution in [0.3, 0.4) is 0 Å². The number of aliphatic hydroxyl groups is 1. The number of aromatic hydroxyl groups is 1. The Morgan fingerprint density at radius 3 is 2.36 bits per heavy atom. The van der Waals surface area contributed by atoms with Crippen molar-refractivity contribution in [3.8, 4) is 5.75 Å². The zero-order valence-corrected chi connectivity index (χ0v) is 8.33. The molecule has 0 fully saturated rings. The quantitative estimate of drug-likeness (QED) is 0.753. The van der Waals surface area contributed by atoms with Gasteiger partial charge in [-0.25, -0.2) is 0 Å². The van der Waals surface area contributed by atoms with Gasteiger partial charge in [-0.2, -0.15) is 0 Å². The van der Waals surface area contributed by atoms with Crippen LogP contribution in [0.4, 0.5) is 0 Å². The standard InChI is InChI=1S/C11H11ClO2/c1-3-11(14,4-2)9-7-8(12)5-6-10(9)13/h3-7,13-14H,1-2H2. The molecule has 1 aromatic carbocycles. The fourth-order valence-electron chi connectivity index (χ4n) is 1.13. The molecule has 0 atom stereocenters. The van der Waals surface area contributed by atoms with E-state index in [1.807, 2.05) is 0 Å². The van der Waals surface area contributed by atoms with Crippen LogP contribution in [0.2, 0.25) is 5.02 Å². The molecule has 2 nitrogen and oxygen atoms in total. The third-order valence-corrected chi connectivity index (χ3v) is 2.25. The molecular weight excluding hydrogens is 200 g/mol. The van der Waals surface area contributed by atoms with Gasteiger partial charge in [0, 0.05) is 10.6 Å². The highest BCUT2D eigenvalue weighted by molar-refractivity contribution is 6.30. The van der Waals surface area contributed by atoms with Crippen LogP contribution < -0.4 is 0 Å². The van der Waals surface area contributed by atoms with E-state index in [9.17, 15) is 10.2 Å². The van der Waals surface area contributed by atoms with Crippen molar-refractivity contribution < 1.29 is 10.2 Å². The fourth-order valence-corrected chi connectivity index (χ4v) is 1.30. The monoisotopic (exact) mass is 210 g/mol. The Morgan fingerprint density at radius 1 is 1.29 bits per heavy atom. The normalized spacial score (nSPS) is 11.0. The first-order valence-electron chi connectivity index (χ1n) is 4.02. The fraction of sp³-hybridized carbons (Fsp3) is 0.0909. The predicted octanol–water partition coefficient (Wildman–Crippen LogP) is 2.61. The lowest BCUT2D eigenvalue weighted by atomic mass is 9.93. The van der Waals surface area contributed by atoms with E-state index in [0.717, 1.165) is 0 Å². The smallest absolute Gasteiger partial charge is 0.129 e. The molecule has 0 aromatic heterocycles. The van der Waals surface area contributed by atoms with Gasteiger partial charge in [0.05, 0.1) is 0 Å². The number of hydrogen-bond acceptors (Lipinski definition) is 2. The lowest BCUT2D eigenvalue weighted by Crippen LogP contribution is -2.18. The number of phenolic OH excluding ortho intramolecular Hbond substituents is 1. The molecule has 2 N–H and O–H groups in total. The lowest BCUT2D eigenvalue weighted by Gasteiger charge is -2.21. The van der Waals surface area contributed by atoms with Crippen LogP contribution in [0.1, 0.15) is 5.56 Å². The SMILES string of the molecule is C=CC(O)(C=C)c1cc(Cl)ccc1O. The van der Waals surface area contributed by atoms with Gasteiger partial charge in [-0.15, -0.1) is 0 Å². The maximum Gasteiger partial charge on any atom is 0.129 e. The molecule has 0 spiro atoms. The van der Waals surface area contributed by atoms with Crippen LogP contribution in [0, 0.1) is 0 Å². The molecular formula is C11H11ClO2. The minimum Gasteiger partial charge on any atom is -0.508 e. The first-order valence-corrected chi connectivity index (χ1v) is 4.40. The van der Waals surface area contributed by atoms with Crippen LogP contribution in [0.5, 0.6) is 5.75 Å². The van der Waals surface area contributed by atoms with Crippen molar-refractivity contribution in [3.05, 3.63) is 54.1 Å². The molecule has 0 aliphatic carbocycles. The van der Waals surface area contributed by atoms with Crippen molar-refractivity contribution >= 4 is 11.6 Å². The second kappa shape index (κ2) is 3.86. The summed E-state index contributed by atoms with van der Waals surface area (Å²) in [7, 11) is 0. The molecule has 0 radical (unpaired) electrons. The van der Waals surface area contributed by atoms with Crippen LogP contribution in [0.15, 0.2) is 43.5 Å². The van der Waals surface area contributed by atoms with Gasteiger partial charge in [0.25, 0.3) is 0 Å². The highest BCUT2D eigenvalue weighted by atomic mass is 35.5. The topological polar surface area (TPSA) is 40.5 Å². The van der Waals surface area contributed by atoms with E-state index >= 15 is 0 Å². The summed E-state index contributed by atoms with van der Waals surface area (Å²) >= 11 is 5.75. The Hall–Kier alpha value is -1.25. The van der Waals surface area contributed by atoms with E-state index in [2.05, 4.69) is 13.2 Å². The van der Waals surface area contributed by atoms with Crippen molar-refractivity contribution in [2.24, 2.45) is 0 Å². The summed E-state index contributed by atoms with van der Waals surface area (Å²) in [5.41, 5.74) is -1.18. The van der Waals surface area contributed by atoms with E-state index < -0.39 is 5.60 Å². The number of benzene rings is 1. The van der Waals surface area contributed by atoms with E-state index in [1.54, 1.807) is 0 Å². The second-order valence-electron chi connectivity index (χ2n) is 2.90. The first-order chi connectivity index (χ1) is 6.53. The minimum absolute atomic E-state index is 0.0447. The Kier molecular flexibility index (Phi) is 2.99. The Balaban J connectivity index is 3.36. The number of rotatable bonds is 3. The molecule has 0 aliphatic heterocycles. The summed E-state index contributed by atoms with van der Waals surface area (Å²) in [6.45, 7) is 6.95. The van der Waals surface area contributed by atoms with E-state index in [4.69, 9.17) is 11.6 Å². The van der Waals surface area contributed by atoms with Crippen molar-refractivity contribution in [3.63, 3.8) is 0 Å². The molecule has 0 saturated carbocycles. The van der Waals surface area contributed by atoms with E-state index in [1.165, 1.54) is 30.4 Å². The Bertz CT molecular complexity index is 364. The van der Waals surface area contributed by atoms with Gasteiger partial charge in [-0.1, -0.05) is 36.9 Å². The molecule has 1 aromatic rings. The summed E-state index contributed by atoms with van der Waals surface area (Å²) in [5.74, 6) is -0.0447. The first kappa shape index (κ1) is 10.8. The molecule has 74 valence electrons. The van der Waals surface area contributed by atoms with Gasteiger partial charge in [0.2, 0.25) is 0 Å². The molecule has 0 amide bonds. The Labute approximate surface area is 87.8 Å². The average Bonchev–Trinajstić information content (AvgIpc) is 2.20. The van der Waals surface area contributed by atoms with Crippen molar-refractivity contribution in [2.75, 3.05) is 0 Å². The summed E-state index contributed by atoms with van der Waals surface area (Å²) in [6.07, 6.45) is 2.57. The van der Waals surface area contributed by atoms with Crippen LogP contribution in [-0.2, 0) is 5.60 Å². The van der Waals surface area contributed by atoms with E-state index in [0.29, 0.717) is 5.02 Å². The molecule has 3 heteroatoms. The molecule has 0 bridgehead atoms. The average molecular weight is 211 g/mol. The van der Waals surface area contributed by atoms with Gasteiger partial charge >= 0.3 is 0 Å². The zero-order valence-electron chi connectivity index (χ0n) is 7.57. The van der Waals surface area contributed by atoms with Crippen LogP contribution >= 0.6 is 11.6 Å². The summed E-state index contributed by atoms with van der Waals surface area (Å²) < 4.78 is 0. The zero-order chi connectivity index (χ0) is 10.8. The van der Waals surface area contributed by atoms with E-state index in [-0.39, 0.29) is 11.3 Å². The minimum atomic E-state index is -1.45. The number of hydrogen-bond donors (Lipinski definition) is 2. The van der Waals surface area contributed by atoms with Crippen molar-refractivity contribution in [2.45, 2.75) is 5.60 Å². The highest BCUT2D eigenvalue weighted by Crippen LogP contribution is 2.33. The largest absolute Gasteiger partial charge is 0.508 e. The van der Waals surface area contributed by atoms with Gasteiger partial charge in [-0.05, 0) is 18.2 Å². The summed E-state index contributed by atoms with van der Waals surface area (Å²) in [5, 5.41) is 19.9. The molecule has 0 aliphatic rings. The number of halogens is 1. The van der Waals surface area contributed by atoms with Crippen molar-refractivity contribution in [1.82, 2.24) is 0 Å². The van der Waals surface area contributed by atoms with Crippen LogP contribution in [-0.4, -0.2) is 10.2 Å². The van der Waals surface area contributed by atoms with Gasteiger partial charge in [0.15, 0.2) is 0 Å². The molecule has 0 unspecified atom stereocenters. The Morgan fingerprint density at radius 2 is 1.86 bits per heavy atom. The third-order valence-electron chi connectivity index (χ3n) is 2.01. The van der Waals surface area contributed by atoms with Gasteiger partial charge in [0.1, 0.15) is 11.4 Å². The highest BCUT2D eigenvalue weighted by Gasteiger charge is 2.24. The predicted molar refractivity (Wildman–Crippen MR) is 57.4 cm³/mol. The number of phenols is 1. The molecule has 0 heterocycles. The van der Waals surface area contributed by atoms with Crippen LogP contribution in [0.25, 0.3) is 0 Å². The summed E-state index contributed by atoms with van der Waals surface area (Å²) in [6, 6.07) is 4.42. The third kappa shape index (κ3) is 1.81. The summed E-state index contributed by atoms with van der Waals surface area (Å²) in [4.78, 5) is 0. The molecule has 0 saturated heterocycles. The van der Waals surface area contributed by atoms with Gasteiger partial charge < -0.3 is 10.2 Å². The molecule has 14 heavy (non-hydrogen) atoms.